The molecule has 0 bridgehead atoms. The molecule has 1 unspecified atom stereocenters. The first kappa shape index (κ1) is 12.8. The number of nitrogens with two attached hydrogens (primary N) is 1. The Kier molecular flexibility index (Phi) is 4.76. The molecule has 2 fully saturated rings. The third-order valence-corrected chi connectivity index (χ3v) is 3.57. The second-order valence-electron chi connectivity index (χ2n) is 4.86. The highest BCUT2D eigenvalue weighted by molar-refractivity contribution is 5.76. The van der Waals surface area contributed by atoms with Crippen molar-refractivity contribution in [2.45, 2.75) is 25.4 Å². The number of carbonyl (C=O) groups excluding carboxylic acids is 1. The molecule has 2 aliphatic heterocycles. The molecule has 0 aliphatic carbocycles. The van der Waals surface area contributed by atoms with Gasteiger partial charge in [-0.1, -0.05) is 0 Å². The van der Waals surface area contributed by atoms with Gasteiger partial charge in [0, 0.05) is 52.3 Å². The molecule has 2 saturated heterocycles. The third kappa shape index (κ3) is 3.66. The van der Waals surface area contributed by atoms with Crippen LogP contribution in [-0.4, -0.2) is 67.7 Å². The fraction of sp³-hybridized carbons (Fsp3) is 0.917. The van der Waals surface area contributed by atoms with E-state index in [2.05, 4.69) is 4.90 Å². The molecule has 0 spiro atoms. The lowest BCUT2D eigenvalue weighted by molar-refractivity contribution is -0.132. The van der Waals surface area contributed by atoms with Crippen LogP contribution in [-0.2, 0) is 9.53 Å². The van der Waals surface area contributed by atoms with E-state index in [1.54, 1.807) is 0 Å². The Morgan fingerprint density at radius 2 is 2.06 bits per heavy atom. The first-order valence-corrected chi connectivity index (χ1v) is 6.61. The summed E-state index contributed by atoms with van der Waals surface area (Å²) in [6, 6.07) is 0. The van der Waals surface area contributed by atoms with Gasteiger partial charge < -0.3 is 15.4 Å². The van der Waals surface area contributed by atoms with Crippen molar-refractivity contribution in [1.29, 1.82) is 0 Å². The lowest BCUT2D eigenvalue weighted by atomic mass is 10.2. The van der Waals surface area contributed by atoms with Crippen LogP contribution in [0.3, 0.4) is 0 Å². The van der Waals surface area contributed by atoms with E-state index >= 15 is 0 Å². The first-order valence-electron chi connectivity index (χ1n) is 6.61. The Labute approximate surface area is 103 Å². The van der Waals surface area contributed by atoms with Crippen molar-refractivity contribution in [3.05, 3.63) is 0 Å². The Morgan fingerprint density at radius 3 is 2.65 bits per heavy atom. The average Bonchev–Trinajstić information content (AvgIpc) is 2.83. The molecule has 0 aromatic rings. The van der Waals surface area contributed by atoms with E-state index in [1.807, 2.05) is 4.90 Å². The van der Waals surface area contributed by atoms with E-state index in [-0.39, 0.29) is 5.91 Å². The van der Waals surface area contributed by atoms with E-state index in [9.17, 15) is 4.79 Å². The monoisotopic (exact) mass is 241 g/mol. The summed E-state index contributed by atoms with van der Waals surface area (Å²) in [4.78, 5) is 16.0. The summed E-state index contributed by atoms with van der Waals surface area (Å²) in [6.07, 6.45) is 3.28. The predicted octanol–water partition coefficient (Wildman–Crippen LogP) is -0.342. The van der Waals surface area contributed by atoms with Crippen molar-refractivity contribution in [2.24, 2.45) is 5.73 Å². The van der Waals surface area contributed by atoms with Gasteiger partial charge in [-0.2, -0.15) is 0 Å². The number of nitrogens with zero attached hydrogens (tertiary/aromatic N) is 2. The molecule has 1 amide bonds. The zero-order chi connectivity index (χ0) is 12.1. The molecule has 5 heteroatoms. The van der Waals surface area contributed by atoms with Gasteiger partial charge in [-0.15, -0.1) is 0 Å². The minimum atomic E-state index is 0.198. The zero-order valence-corrected chi connectivity index (χ0v) is 10.4. The van der Waals surface area contributed by atoms with Gasteiger partial charge in [0.2, 0.25) is 5.91 Å². The molecule has 0 aromatic heterocycles. The SMILES string of the molecule is NCCC(=O)N1CCN(CC2CCCO2)CC1. The molecule has 2 rings (SSSR count). The molecule has 0 saturated carbocycles. The van der Waals surface area contributed by atoms with E-state index in [4.69, 9.17) is 10.5 Å². The Hall–Kier alpha value is -0.650. The minimum absolute atomic E-state index is 0.198. The highest BCUT2D eigenvalue weighted by atomic mass is 16.5. The average molecular weight is 241 g/mol. The standard InChI is InChI=1S/C12H23N3O2/c13-4-3-12(16)15-7-5-14(6-8-15)10-11-2-1-9-17-11/h11H,1-10,13H2. The fourth-order valence-corrected chi connectivity index (χ4v) is 2.54. The summed E-state index contributed by atoms with van der Waals surface area (Å²) in [6.45, 7) is 6.01. The van der Waals surface area contributed by atoms with Crippen molar-refractivity contribution in [1.82, 2.24) is 9.80 Å². The number of amides is 1. The predicted molar refractivity (Wildman–Crippen MR) is 65.7 cm³/mol. The second-order valence-corrected chi connectivity index (χ2v) is 4.86. The molecule has 98 valence electrons. The molecule has 2 heterocycles. The lowest BCUT2D eigenvalue weighted by Crippen LogP contribution is -2.50. The van der Waals surface area contributed by atoms with Crippen LogP contribution in [0.25, 0.3) is 0 Å². The van der Waals surface area contributed by atoms with E-state index in [1.165, 1.54) is 12.8 Å². The molecule has 1 atom stereocenters. The van der Waals surface area contributed by atoms with Gasteiger partial charge in [0.25, 0.3) is 0 Å². The number of ether oxygens (including phenoxy) is 1. The van der Waals surface area contributed by atoms with Gasteiger partial charge in [0.1, 0.15) is 0 Å². The van der Waals surface area contributed by atoms with Gasteiger partial charge in [-0.3, -0.25) is 9.69 Å². The summed E-state index contributed by atoms with van der Waals surface area (Å²) in [5.41, 5.74) is 5.40. The second kappa shape index (κ2) is 6.33. The summed E-state index contributed by atoms with van der Waals surface area (Å²) >= 11 is 0. The smallest absolute Gasteiger partial charge is 0.223 e. The normalized spacial score (nSPS) is 26.4. The molecule has 2 aliphatic rings. The maximum Gasteiger partial charge on any atom is 0.223 e. The van der Waals surface area contributed by atoms with Gasteiger partial charge in [-0.25, -0.2) is 0 Å². The molecule has 2 N–H and O–H groups in total. The van der Waals surface area contributed by atoms with Crippen molar-refractivity contribution in [3.8, 4) is 0 Å². The van der Waals surface area contributed by atoms with Crippen LogP contribution >= 0.6 is 0 Å². The Bertz CT molecular complexity index is 246. The van der Waals surface area contributed by atoms with Crippen molar-refractivity contribution >= 4 is 5.91 Å². The summed E-state index contributed by atoms with van der Waals surface area (Å²) < 4.78 is 5.63. The molecule has 0 radical (unpaired) electrons. The van der Waals surface area contributed by atoms with E-state index in [0.29, 0.717) is 19.1 Å². The highest BCUT2D eigenvalue weighted by Crippen LogP contribution is 2.14. The van der Waals surface area contributed by atoms with Crippen LogP contribution in [0.15, 0.2) is 0 Å². The summed E-state index contributed by atoms with van der Waals surface area (Å²) in [7, 11) is 0. The number of rotatable bonds is 4. The van der Waals surface area contributed by atoms with Crippen molar-refractivity contribution in [3.63, 3.8) is 0 Å². The zero-order valence-electron chi connectivity index (χ0n) is 10.4. The maximum atomic E-state index is 11.7. The number of hydrogen-bond acceptors (Lipinski definition) is 4. The topological polar surface area (TPSA) is 58.8 Å². The number of piperazine rings is 1. The minimum Gasteiger partial charge on any atom is -0.377 e. The van der Waals surface area contributed by atoms with Crippen LogP contribution in [0.4, 0.5) is 0 Å². The third-order valence-electron chi connectivity index (χ3n) is 3.57. The van der Waals surface area contributed by atoms with Gasteiger partial charge >= 0.3 is 0 Å². The van der Waals surface area contributed by atoms with Crippen LogP contribution in [0.1, 0.15) is 19.3 Å². The molecular formula is C12H23N3O2. The Morgan fingerprint density at radius 1 is 1.29 bits per heavy atom. The van der Waals surface area contributed by atoms with Crippen LogP contribution in [0.2, 0.25) is 0 Å². The van der Waals surface area contributed by atoms with Crippen LogP contribution < -0.4 is 5.73 Å². The van der Waals surface area contributed by atoms with Gasteiger partial charge in [0.15, 0.2) is 0 Å². The van der Waals surface area contributed by atoms with Gasteiger partial charge in [-0.05, 0) is 12.8 Å². The molecule has 17 heavy (non-hydrogen) atoms. The maximum absolute atomic E-state index is 11.7. The molecular weight excluding hydrogens is 218 g/mol. The van der Waals surface area contributed by atoms with E-state index < -0.39 is 0 Å². The van der Waals surface area contributed by atoms with Crippen molar-refractivity contribution < 1.29 is 9.53 Å². The largest absolute Gasteiger partial charge is 0.377 e. The number of hydrogen-bond donors (Lipinski definition) is 1. The Balaban J connectivity index is 1.68. The van der Waals surface area contributed by atoms with Crippen molar-refractivity contribution in [2.75, 3.05) is 45.9 Å². The number of carbonyl (C=O) groups is 1. The lowest BCUT2D eigenvalue weighted by Gasteiger charge is -2.35. The quantitative estimate of drug-likeness (QED) is 0.731. The van der Waals surface area contributed by atoms with Gasteiger partial charge in [0.05, 0.1) is 6.10 Å². The molecule has 0 aromatic carbocycles. The highest BCUT2D eigenvalue weighted by Gasteiger charge is 2.24. The van der Waals surface area contributed by atoms with Crippen LogP contribution in [0, 0.1) is 0 Å². The first-order chi connectivity index (χ1) is 8.29. The van der Waals surface area contributed by atoms with E-state index in [0.717, 1.165) is 39.3 Å². The van der Waals surface area contributed by atoms with Crippen LogP contribution in [0.5, 0.6) is 0 Å². The molecule has 5 nitrogen and oxygen atoms in total. The summed E-state index contributed by atoms with van der Waals surface area (Å²) in [5.74, 6) is 0.198. The fourth-order valence-electron chi connectivity index (χ4n) is 2.54. The summed E-state index contributed by atoms with van der Waals surface area (Å²) in [5, 5.41) is 0.